The molecule has 0 spiro atoms. The highest BCUT2D eigenvalue weighted by Crippen LogP contribution is 2.35. The predicted molar refractivity (Wildman–Crippen MR) is 50.8 cm³/mol. The van der Waals surface area contributed by atoms with E-state index < -0.39 is 6.67 Å². The van der Waals surface area contributed by atoms with E-state index in [1.54, 1.807) is 0 Å². The Balaban J connectivity index is 2.48. The Morgan fingerprint density at radius 1 is 1.40 bits per heavy atom. The molecule has 0 radical (unpaired) electrons. The fraction of sp³-hybridized carbons (Fsp3) is 0.300. The van der Waals surface area contributed by atoms with Crippen molar-refractivity contribution >= 4 is 5.78 Å². The van der Waals surface area contributed by atoms with Gasteiger partial charge in [0.2, 0.25) is 6.79 Å². The molecule has 0 atom stereocenters. The zero-order valence-electron chi connectivity index (χ0n) is 7.96. The standard InChI is InChI=1S/C10H10FNO3/c11-3-6-1-9-10(15-5-14-9)2-7(6)8(13)4-12/h1-2H,3-5,12H2. The Bertz CT molecular complexity index is 406. The fourth-order valence-corrected chi connectivity index (χ4v) is 1.46. The van der Waals surface area contributed by atoms with Gasteiger partial charge in [0.05, 0.1) is 6.54 Å². The molecule has 4 nitrogen and oxygen atoms in total. The average Bonchev–Trinajstić information content (AvgIpc) is 2.73. The number of nitrogens with two attached hydrogens (primary N) is 1. The van der Waals surface area contributed by atoms with Gasteiger partial charge in [0.1, 0.15) is 6.67 Å². The molecule has 2 N–H and O–H groups in total. The molecule has 2 rings (SSSR count). The quantitative estimate of drug-likeness (QED) is 0.758. The lowest BCUT2D eigenvalue weighted by Gasteiger charge is -2.06. The van der Waals surface area contributed by atoms with Gasteiger partial charge in [0.15, 0.2) is 17.3 Å². The lowest BCUT2D eigenvalue weighted by molar-refractivity contribution is 0.0999. The van der Waals surface area contributed by atoms with E-state index in [-0.39, 0.29) is 30.2 Å². The fourth-order valence-electron chi connectivity index (χ4n) is 1.46. The second-order valence-electron chi connectivity index (χ2n) is 3.12. The Labute approximate surface area is 85.8 Å². The molecule has 80 valence electrons. The molecule has 1 aromatic carbocycles. The first-order valence-corrected chi connectivity index (χ1v) is 4.48. The van der Waals surface area contributed by atoms with E-state index in [1.807, 2.05) is 0 Å². The van der Waals surface area contributed by atoms with Crippen molar-refractivity contribution in [2.75, 3.05) is 13.3 Å². The van der Waals surface area contributed by atoms with E-state index in [4.69, 9.17) is 15.2 Å². The highest BCUT2D eigenvalue weighted by molar-refractivity contribution is 5.99. The molecule has 0 fully saturated rings. The lowest BCUT2D eigenvalue weighted by atomic mass is 10.0. The molecule has 0 saturated heterocycles. The summed E-state index contributed by atoms with van der Waals surface area (Å²) in [6.45, 7) is -0.772. The van der Waals surface area contributed by atoms with E-state index in [0.29, 0.717) is 11.5 Å². The van der Waals surface area contributed by atoms with Crippen molar-refractivity contribution in [1.82, 2.24) is 0 Å². The maximum Gasteiger partial charge on any atom is 0.231 e. The zero-order chi connectivity index (χ0) is 10.8. The van der Waals surface area contributed by atoms with E-state index in [9.17, 15) is 9.18 Å². The van der Waals surface area contributed by atoms with Crippen LogP contribution in [0, 0.1) is 0 Å². The molecule has 1 heterocycles. The van der Waals surface area contributed by atoms with Crippen LogP contribution in [0.4, 0.5) is 4.39 Å². The highest BCUT2D eigenvalue weighted by Gasteiger charge is 2.19. The molecule has 5 heteroatoms. The lowest BCUT2D eigenvalue weighted by Crippen LogP contribution is -2.15. The summed E-state index contributed by atoms with van der Waals surface area (Å²) < 4.78 is 22.8. The number of ether oxygens (including phenoxy) is 2. The van der Waals surface area contributed by atoms with Crippen LogP contribution in [0.3, 0.4) is 0 Å². The summed E-state index contributed by atoms with van der Waals surface area (Å²) in [4.78, 5) is 11.4. The van der Waals surface area contributed by atoms with Crippen molar-refractivity contribution in [3.05, 3.63) is 23.3 Å². The largest absolute Gasteiger partial charge is 0.454 e. The molecule has 0 aliphatic carbocycles. The number of hydrogen-bond acceptors (Lipinski definition) is 4. The van der Waals surface area contributed by atoms with Gasteiger partial charge in [-0.3, -0.25) is 4.79 Å². The van der Waals surface area contributed by atoms with Crippen LogP contribution < -0.4 is 15.2 Å². The molecule has 0 bridgehead atoms. The molecule has 1 aliphatic heterocycles. The summed E-state index contributed by atoms with van der Waals surface area (Å²) in [5, 5.41) is 0. The third kappa shape index (κ3) is 1.66. The smallest absolute Gasteiger partial charge is 0.231 e. The number of carbonyl (C=O) groups excluding carboxylic acids is 1. The van der Waals surface area contributed by atoms with Crippen LogP contribution in [0.5, 0.6) is 11.5 Å². The molecular weight excluding hydrogens is 201 g/mol. The normalized spacial score (nSPS) is 12.9. The predicted octanol–water partition coefficient (Wildman–Crippen LogP) is 1.03. The van der Waals surface area contributed by atoms with Crippen LogP contribution in [-0.4, -0.2) is 19.1 Å². The average molecular weight is 211 g/mol. The Kier molecular flexibility index (Phi) is 2.55. The molecule has 0 aromatic heterocycles. The Hall–Kier alpha value is -1.62. The van der Waals surface area contributed by atoms with Crippen molar-refractivity contribution in [2.45, 2.75) is 6.67 Å². The van der Waals surface area contributed by atoms with Gasteiger partial charge in [0.25, 0.3) is 0 Å². The van der Waals surface area contributed by atoms with Crippen molar-refractivity contribution in [3.8, 4) is 11.5 Å². The SMILES string of the molecule is NCC(=O)c1cc2c(cc1CF)OCO2. The number of alkyl halides is 1. The summed E-state index contributed by atoms with van der Waals surface area (Å²) in [6.07, 6.45) is 0. The number of halogens is 1. The minimum atomic E-state index is -0.724. The highest BCUT2D eigenvalue weighted by atomic mass is 19.1. The molecule has 0 amide bonds. The number of hydrogen-bond donors (Lipinski definition) is 1. The van der Waals surface area contributed by atoms with Crippen LogP contribution in [0.15, 0.2) is 12.1 Å². The zero-order valence-corrected chi connectivity index (χ0v) is 7.96. The Morgan fingerprint density at radius 2 is 2.07 bits per heavy atom. The molecule has 1 aliphatic rings. The summed E-state index contributed by atoms with van der Waals surface area (Å²) in [5.41, 5.74) is 5.78. The van der Waals surface area contributed by atoms with Gasteiger partial charge < -0.3 is 15.2 Å². The van der Waals surface area contributed by atoms with Crippen molar-refractivity contribution in [1.29, 1.82) is 0 Å². The van der Waals surface area contributed by atoms with Gasteiger partial charge in [-0.2, -0.15) is 0 Å². The molecule has 1 aromatic rings. The first-order chi connectivity index (χ1) is 7.26. The number of Topliss-reactive ketones (excluding diaryl/α,β-unsaturated/α-hetero) is 1. The third-order valence-electron chi connectivity index (χ3n) is 2.23. The third-order valence-corrected chi connectivity index (χ3v) is 2.23. The van der Waals surface area contributed by atoms with Gasteiger partial charge >= 0.3 is 0 Å². The summed E-state index contributed by atoms with van der Waals surface area (Å²) in [6, 6.07) is 2.96. The van der Waals surface area contributed by atoms with Crippen LogP contribution >= 0.6 is 0 Å². The monoisotopic (exact) mass is 211 g/mol. The van der Waals surface area contributed by atoms with E-state index >= 15 is 0 Å². The second-order valence-corrected chi connectivity index (χ2v) is 3.12. The second kappa shape index (κ2) is 3.86. The maximum absolute atomic E-state index is 12.7. The van der Waals surface area contributed by atoms with Gasteiger partial charge in [-0.1, -0.05) is 0 Å². The topological polar surface area (TPSA) is 61.6 Å². The van der Waals surface area contributed by atoms with Gasteiger partial charge in [-0.25, -0.2) is 4.39 Å². The van der Waals surface area contributed by atoms with E-state index in [2.05, 4.69) is 0 Å². The number of benzene rings is 1. The van der Waals surface area contributed by atoms with Crippen LogP contribution in [0.25, 0.3) is 0 Å². The van der Waals surface area contributed by atoms with Gasteiger partial charge in [0, 0.05) is 5.56 Å². The number of fused-ring (bicyclic) bond motifs is 1. The van der Waals surface area contributed by atoms with E-state index in [1.165, 1.54) is 12.1 Å². The maximum atomic E-state index is 12.7. The van der Waals surface area contributed by atoms with E-state index in [0.717, 1.165) is 0 Å². The first kappa shape index (κ1) is 9.92. The number of carbonyl (C=O) groups is 1. The van der Waals surface area contributed by atoms with Crippen LogP contribution in [0.2, 0.25) is 0 Å². The first-order valence-electron chi connectivity index (χ1n) is 4.48. The van der Waals surface area contributed by atoms with Gasteiger partial charge in [-0.05, 0) is 17.7 Å². The van der Waals surface area contributed by atoms with Crippen molar-refractivity contribution < 1.29 is 18.7 Å². The summed E-state index contributed by atoms with van der Waals surface area (Å²) >= 11 is 0. The number of ketones is 1. The van der Waals surface area contributed by atoms with Gasteiger partial charge in [-0.15, -0.1) is 0 Å². The number of rotatable bonds is 3. The molecular formula is C10H10FNO3. The molecule has 0 saturated carbocycles. The minimum absolute atomic E-state index is 0.0985. The molecule has 0 unspecified atom stereocenters. The Morgan fingerprint density at radius 3 is 2.67 bits per heavy atom. The van der Waals surface area contributed by atoms with Crippen molar-refractivity contribution in [2.24, 2.45) is 5.73 Å². The molecule has 15 heavy (non-hydrogen) atoms. The summed E-state index contributed by atoms with van der Waals surface area (Å²) in [5.74, 6) is 0.626. The van der Waals surface area contributed by atoms with Crippen LogP contribution in [-0.2, 0) is 6.67 Å². The summed E-state index contributed by atoms with van der Waals surface area (Å²) in [7, 11) is 0. The van der Waals surface area contributed by atoms with Crippen molar-refractivity contribution in [3.63, 3.8) is 0 Å². The minimum Gasteiger partial charge on any atom is -0.454 e. The van der Waals surface area contributed by atoms with Crippen LogP contribution in [0.1, 0.15) is 15.9 Å².